The van der Waals surface area contributed by atoms with Crippen LogP contribution in [0.1, 0.15) is 34.7 Å². The summed E-state index contributed by atoms with van der Waals surface area (Å²) in [5.74, 6) is 0. The number of pyridine rings is 1. The van der Waals surface area contributed by atoms with Crippen molar-refractivity contribution in [2.45, 2.75) is 25.9 Å². The van der Waals surface area contributed by atoms with E-state index in [0.29, 0.717) is 0 Å². The number of rotatable bonds is 2. The van der Waals surface area contributed by atoms with E-state index in [4.69, 9.17) is 12.2 Å². The summed E-state index contributed by atoms with van der Waals surface area (Å²) in [6, 6.07) is 6.23. The fourth-order valence-electron chi connectivity index (χ4n) is 2.94. The summed E-state index contributed by atoms with van der Waals surface area (Å²) in [6.45, 7) is 4.23. The largest absolute Gasteiger partial charge is 0.362 e. The average molecular weight is 412 g/mol. The van der Waals surface area contributed by atoms with E-state index in [1.807, 2.05) is 31.4 Å². The lowest BCUT2D eigenvalue weighted by Gasteiger charge is -2.24. The monoisotopic (exact) mass is 412 g/mol. The van der Waals surface area contributed by atoms with Gasteiger partial charge in [0, 0.05) is 33.8 Å². The Morgan fingerprint density at radius 1 is 1.29 bits per heavy atom. The molecular formula is C15H17IN4S. The van der Waals surface area contributed by atoms with Crippen molar-refractivity contribution in [1.82, 2.24) is 20.2 Å². The van der Waals surface area contributed by atoms with Crippen LogP contribution in [-0.2, 0) is 0 Å². The van der Waals surface area contributed by atoms with Crippen molar-refractivity contribution in [3.8, 4) is 0 Å². The number of aromatic nitrogens is 2. The molecule has 21 heavy (non-hydrogen) atoms. The third kappa shape index (κ3) is 2.44. The topological polar surface area (TPSA) is 44.0 Å². The molecule has 6 heteroatoms. The van der Waals surface area contributed by atoms with E-state index in [2.05, 4.69) is 56.6 Å². The van der Waals surface area contributed by atoms with Crippen LogP contribution in [0.3, 0.4) is 0 Å². The van der Waals surface area contributed by atoms with Crippen LogP contribution in [0.15, 0.2) is 24.4 Å². The average Bonchev–Trinajstić information content (AvgIpc) is 2.89. The molecule has 110 valence electrons. The Balaban J connectivity index is 2.11. The Kier molecular flexibility index (Phi) is 3.92. The maximum atomic E-state index is 5.46. The van der Waals surface area contributed by atoms with Crippen LogP contribution >= 0.6 is 34.8 Å². The third-order valence-corrected chi connectivity index (χ3v) is 5.78. The van der Waals surface area contributed by atoms with E-state index in [1.54, 1.807) is 0 Å². The molecule has 0 radical (unpaired) electrons. The molecular weight excluding hydrogens is 395 g/mol. The third-order valence-electron chi connectivity index (χ3n) is 3.98. The molecule has 0 aromatic carbocycles. The second kappa shape index (κ2) is 5.57. The van der Waals surface area contributed by atoms with Crippen molar-refractivity contribution >= 4 is 39.9 Å². The van der Waals surface area contributed by atoms with Crippen LogP contribution < -0.4 is 5.32 Å². The summed E-state index contributed by atoms with van der Waals surface area (Å²) >= 11 is 7.88. The van der Waals surface area contributed by atoms with Gasteiger partial charge < -0.3 is 15.2 Å². The number of aryl methyl sites for hydroxylation is 2. The number of aromatic amines is 1. The van der Waals surface area contributed by atoms with Crippen molar-refractivity contribution < 1.29 is 0 Å². The summed E-state index contributed by atoms with van der Waals surface area (Å²) in [6.07, 6.45) is 1.83. The number of likely N-dealkylation sites (N-methyl/N-ethyl adjacent to an activating group) is 1. The Morgan fingerprint density at radius 2 is 2.05 bits per heavy atom. The number of H-pyrrole nitrogens is 1. The minimum Gasteiger partial charge on any atom is -0.362 e. The van der Waals surface area contributed by atoms with Gasteiger partial charge in [-0.25, -0.2) is 0 Å². The summed E-state index contributed by atoms with van der Waals surface area (Å²) < 4.78 is 1.27. The van der Waals surface area contributed by atoms with Gasteiger partial charge in [-0.15, -0.1) is 0 Å². The minimum atomic E-state index is 0.0751. The quantitative estimate of drug-likeness (QED) is 0.588. The molecule has 0 aliphatic carbocycles. The van der Waals surface area contributed by atoms with E-state index in [9.17, 15) is 0 Å². The summed E-state index contributed by atoms with van der Waals surface area (Å²) in [7, 11) is 2.04. The van der Waals surface area contributed by atoms with E-state index in [1.165, 1.54) is 20.5 Å². The Bertz CT molecular complexity index is 682. The second-order valence-corrected chi connectivity index (χ2v) is 6.81. The number of nitrogens with zero attached hydrogens (tertiary/aromatic N) is 2. The van der Waals surface area contributed by atoms with Crippen LogP contribution in [0.4, 0.5) is 0 Å². The van der Waals surface area contributed by atoms with Crippen LogP contribution in [0.5, 0.6) is 0 Å². The molecule has 2 aromatic heterocycles. The molecule has 1 aliphatic rings. The summed E-state index contributed by atoms with van der Waals surface area (Å²) in [5.41, 5.74) is 4.72. The van der Waals surface area contributed by atoms with Crippen LogP contribution in [0.2, 0.25) is 0 Å². The first-order valence-electron chi connectivity index (χ1n) is 6.79. The predicted octanol–water partition coefficient (Wildman–Crippen LogP) is 3.23. The highest BCUT2D eigenvalue weighted by Crippen LogP contribution is 2.41. The molecule has 2 aromatic rings. The van der Waals surface area contributed by atoms with E-state index >= 15 is 0 Å². The number of nitrogens with one attached hydrogen (secondary N) is 2. The molecule has 1 aliphatic heterocycles. The molecule has 0 unspecified atom stereocenters. The Hall–Kier alpha value is -1.15. The van der Waals surface area contributed by atoms with Gasteiger partial charge in [-0.05, 0) is 60.8 Å². The van der Waals surface area contributed by atoms with Gasteiger partial charge in [0.25, 0.3) is 0 Å². The van der Waals surface area contributed by atoms with Gasteiger partial charge in [-0.3, -0.25) is 4.98 Å². The Labute approximate surface area is 143 Å². The van der Waals surface area contributed by atoms with Gasteiger partial charge in [0.2, 0.25) is 0 Å². The molecule has 2 N–H and O–H groups in total. The molecule has 0 bridgehead atoms. The second-order valence-electron chi connectivity index (χ2n) is 5.34. The van der Waals surface area contributed by atoms with Gasteiger partial charge in [0.05, 0.1) is 17.8 Å². The van der Waals surface area contributed by atoms with Gasteiger partial charge >= 0.3 is 0 Å². The van der Waals surface area contributed by atoms with E-state index < -0.39 is 0 Å². The van der Waals surface area contributed by atoms with Gasteiger partial charge in [0.15, 0.2) is 5.11 Å². The first-order chi connectivity index (χ1) is 10.0. The lowest BCUT2D eigenvalue weighted by Crippen LogP contribution is -2.25. The van der Waals surface area contributed by atoms with Gasteiger partial charge in [-0.2, -0.15) is 0 Å². The van der Waals surface area contributed by atoms with Crippen molar-refractivity contribution in [2.75, 3.05) is 7.05 Å². The first-order valence-corrected chi connectivity index (χ1v) is 8.28. The zero-order valence-corrected chi connectivity index (χ0v) is 15.1. The van der Waals surface area contributed by atoms with Crippen molar-refractivity contribution in [3.63, 3.8) is 0 Å². The highest BCUT2D eigenvalue weighted by molar-refractivity contribution is 14.1. The van der Waals surface area contributed by atoms with Crippen LogP contribution in [0.25, 0.3) is 0 Å². The van der Waals surface area contributed by atoms with E-state index in [-0.39, 0.29) is 12.1 Å². The molecule has 0 saturated carbocycles. The molecule has 0 amide bonds. The lowest BCUT2D eigenvalue weighted by molar-refractivity contribution is 0.366. The van der Waals surface area contributed by atoms with Crippen molar-refractivity contribution in [3.05, 3.63) is 50.6 Å². The predicted molar refractivity (Wildman–Crippen MR) is 96.2 cm³/mol. The number of hydrogen-bond donors (Lipinski definition) is 2. The number of halogens is 1. The van der Waals surface area contributed by atoms with Crippen molar-refractivity contribution in [1.29, 1.82) is 0 Å². The van der Waals surface area contributed by atoms with E-state index in [0.717, 1.165) is 10.8 Å². The van der Waals surface area contributed by atoms with Crippen LogP contribution in [-0.4, -0.2) is 27.0 Å². The SMILES string of the molecule is Cc1[nH]c(C)c([C@@H]2[C@@H](c3ccccn3)NC(=S)N2C)c1I. The number of hydrogen-bond acceptors (Lipinski definition) is 2. The first kappa shape index (κ1) is 14.8. The highest BCUT2D eigenvalue weighted by atomic mass is 127. The van der Waals surface area contributed by atoms with Gasteiger partial charge in [-0.1, -0.05) is 6.07 Å². The van der Waals surface area contributed by atoms with Crippen LogP contribution in [0, 0.1) is 17.4 Å². The summed E-state index contributed by atoms with van der Waals surface area (Å²) in [4.78, 5) is 10.1. The molecule has 2 atom stereocenters. The standard InChI is InChI=1S/C15H17IN4S/c1-8-11(12(16)9(2)18-8)14-13(19-15(21)20(14)3)10-6-4-5-7-17-10/h4-7,13-14,18H,1-3H3,(H,19,21)/t13-,14-/m1/s1. The maximum Gasteiger partial charge on any atom is 0.169 e. The smallest absolute Gasteiger partial charge is 0.169 e. The minimum absolute atomic E-state index is 0.0751. The molecule has 3 heterocycles. The Morgan fingerprint density at radius 3 is 2.62 bits per heavy atom. The molecule has 3 rings (SSSR count). The fraction of sp³-hybridized carbons (Fsp3) is 0.333. The maximum absolute atomic E-state index is 5.46. The highest BCUT2D eigenvalue weighted by Gasteiger charge is 2.40. The molecule has 1 saturated heterocycles. The molecule has 4 nitrogen and oxygen atoms in total. The zero-order valence-electron chi connectivity index (χ0n) is 12.1. The van der Waals surface area contributed by atoms with Gasteiger partial charge in [0.1, 0.15) is 0 Å². The summed E-state index contributed by atoms with van der Waals surface area (Å²) in [5, 5.41) is 4.18. The molecule has 1 fully saturated rings. The molecule has 0 spiro atoms. The normalized spacial score (nSPS) is 21.7. The number of thiocarbonyl (C=S) groups is 1. The zero-order chi connectivity index (χ0) is 15.1. The van der Waals surface area contributed by atoms with Crippen molar-refractivity contribution in [2.24, 2.45) is 0 Å². The lowest BCUT2D eigenvalue weighted by atomic mass is 9.97. The fourth-order valence-corrected chi connectivity index (χ4v) is 4.04.